The van der Waals surface area contributed by atoms with Gasteiger partial charge in [0.05, 0.1) is 27.7 Å². The van der Waals surface area contributed by atoms with E-state index in [1.165, 1.54) is 0 Å². The maximum absolute atomic E-state index is 8.39. The molecule has 58 valence electrons. The molecule has 0 amide bonds. The monoisotopic (exact) mass is 136 g/mol. The van der Waals surface area contributed by atoms with Crippen LogP contribution in [0.4, 0.5) is 0 Å². The fraction of sp³-hybridized carbons (Fsp3) is 1.00. The predicted molar refractivity (Wildman–Crippen MR) is 38.1 cm³/mol. The van der Waals surface area contributed by atoms with Crippen LogP contribution < -0.4 is 0 Å². The minimum Gasteiger partial charge on any atom is -0.400 e. The maximum atomic E-state index is 8.39. The van der Waals surface area contributed by atoms with Crippen molar-refractivity contribution in [2.45, 2.75) is 0 Å². The van der Waals surface area contributed by atoms with Crippen molar-refractivity contribution < 1.29 is 14.7 Å². The molecule has 9 heavy (non-hydrogen) atoms. The van der Waals surface area contributed by atoms with Crippen molar-refractivity contribution in [2.24, 2.45) is 0 Å². The van der Waals surface area contributed by atoms with Gasteiger partial charge in [0.15, 0.2) is 0 Å². The highest BCUT2D eigenvalue weighted by Gasteiger charge is 2.02. The lowest BCUT2D eigenvalue weighted by Crippen LogP contribution is -2.36. The van der Waals surface area contributed by atoms with Crippen molar-refractivity contribution in [2.75, 3.05) is 41.4 Å². The van der Waals surface area contributed by atoms with Crippen LogP contribution in [0.2, 0.25) is 0 Å². The summed E-state index contributed by atoms with van der Waals surface area (Å²) in [5.74, 6) is 0. The van der Waals surface area contributed by atoms with E-state index in [9.17, 15) is 0 Å². The summed E-state index contributed by atoms with van der Waals surface area (Å²) < 4.78 is 0.844. The van der Waals surface area contributed by atoms with Gasteiger partial charge in [-0.25, -0.2) is 0 Å². The van der Waals surface area contributed by atoms with E-state index in [4.69, 9.17) is 10.2 Å². The Kier molecular flexibility index (Phi) is 7.77. The Hall–Kier alpha value is -0.120. The first kappa shape index (κ1) is 11.6. The van der Waals surface area contributed by atoms with Gasteiger partial charge in [-0.15, -0.1) is 0 Å². The highest BCUT2D eigenvalue weighted by atomic mass is 16.3. The molecule has 0 bridgehead atoms. The quantitative estimate of drug-likeness (QED) is 0.492. The van der Waals surface area contributed by atoms with Crippen LogP contribution in [-0.2, 0) is 0 Å². The molecule has 0 aromatic carbocycles. The molecule has 0 aliphatic rings. The van der Waals surface area contributed by atoms with Gasteiger partial charge in [0.1, 0.15) is 6.54 Å². The molecule has 0 rings (SSSR count). The first-order valence-corrected chi connectivity index (χ1v) is 2.92. The van der Waals surface area contributed by atoms with Crippen LogP contribution >= 0.6 is 0 Å². The molecule has 0 aliphatic heterocycles. The average molecular weight is 136 g/mol. The van der Waals surface area contributed by atoms with Crippen LogP contribution in [0, 0.1) is 0 Å². The van der Waals surface area contributed by atoms with Gasteiger partial charge in [0.25, 0.3) is 0 Å². The third-order valence-corrected chi connectivity index (χ3v) is 0.771. The number of likely N-dealkylation sites (N-methyl/N-ethyl adjacent to an activating group) is 1. The van der Waals surface area contributed by atoms with Crippen LogP contribution in [-0.4, -0.2) is 56.1 Å². The molecule has 2 N–H and O–H groups in total. The Morgan fingerprint density at radius 1 is 1.11 bits per heavy atom. The van der Waals surface area contributed by atoms with Crippen molar-refractivity contribution in [3.63, 3.8) is 0 Å². The highest BCUT2D eigenvalue weighted by molar-refractivity contribution is 4.19. The Balaban J connectivity index is 0. The maximum Gasteiger partial charge on any atom is 0.101 e. The van der Waals surface area contributed by atoms with Crippen LogP contribution in [0.25, 0.3) is 0 Å². The van der Waals surface area contributed by atoms with Crippen LogP contribution in [0.5, 0.6) is 0 Å². The summed E-state index contributed by atoms with van der Waals surface area (Å²) in [6, 6.07) is 0. The SMILES string of the molecule is CO.C[N+](C)(C)CCO. The van der Waals surface area contributed by atoms with Gasteiger partial charge in [-0.1, -0.05) is 0 Å². The van der Waals surface area contributed by atoms with Gasteiger partial charge in [0, 0.05) is 7.11 Å². The summed E-state index contributed by atoms with van der Waals surface area (Å²) in [5.41, 5.74) is 0. The van der Waals surface area contributed by atoms with Gasteiger partial charge >= 0.3 is 0 Å². The molecule has 0 saturated heterocycles. The molecular weight excluding hydrogens is 118 g/mol. The first-order chi connectivity index (χ1) is 4.06. The van der Waals surface area contributed by atoms with E-state index in [1.54, 1.807) is 0 Å². The molecular formula is C6H18NO2+. The number of nitrogens with zero attached hydrogens (tertiary/aromatic N) is 1. The van der Waals surface area contributed by atoms with Gasteiger partial charge in [-0.05, 0) is 0 Å². The largest absolute Gasteiger partial charge is 0.400 e. The van der Waals surface area contributed by atoms with Crippen LogP contribution in [0.3, 0.4) is 0 Å². The lowest BCUT2D eigenvalue weighted by Gasteiger charge is -2.21. The fourth-order valence-electron chi connectivity index (χ4n) is 0.300. The third kappa shape index (κ3) is 18.1. The average Bonchev–Trinajstić information content (AvgIpc) is 1.69. The fourth-order valence-corrected chi connectivity index (χ4v) is 0.300. The zero-order valence-electron chi connectivity index (χ0n) is 6.76. The van der Waals surface area contributed by atoms with Crippen molar-refractivity contribution in [3.05, 3.63) is 0 Å². The molecule has 0 radical (unpaired) electrons. The Labute approximate surface area is 57.1 Å². The van der Waals surface area contributed by atoms with E-state index < -0.39 is 0 Å². The second-order valence-electron chi connectivity index (χ2n) is 2.74. The number of aliphatic hydroxyl groups excluding tert-OH is 2. The number of quaternary nitrogens is 1. The van der Waals surface area contributed by atoms with E-state index in [1.807, 2.05) is 0 Å². The van der Waals surface area contributed by atoms with E-state index in [-0.39, 0.29) is 6.61 Å². The first-order valence-electron chi connectivity index (χ1n) is 2.92. The lowest BCUT2D eigenvalue weighted by molar-refractivity contribution is -0.870. The lowest BCUT2D eigenvalue weighted by atomic mass is 10.5. The minimum atomic E-state index is 0.281. The summed E-state index contributed by atoms with van der Waals surface area (Å²) in [5, 5.41) is 15.4. The standard InChI is InChI=1S/C5H14NO.CH4O/c1-6(2,3)4-5-7;1-2/h7H,4-5H2,1-3H3;2H,1H3/q+1;. The number of hydrogen-bond donors (Lipinski definition) is 2. The minimum absolute atomic E-state index is 0.281. The second-order valence-corrected chi connectivity index (χ2v) is 2.74. The third-order valence-electron chi connectivity index (χ3n) is 0.771. The number of rotatable bonds is 2. The Morgan fingerprint density at radius 2 is 1.44 bits per heavy atom. The zero-order valence-corrected chi connectivity index (χ0v) is 6.76. The molecule has 0 unspecified atom stereocenters. The number of hydrogen-bond acceptors (Lipinski definition) is 2. The normalized spacial score (nSPS) is 10.0. The molecule has 0 spiro atoms. The van der Waals surface area contributed by atoms with Crippen molar-refractivity contribution in [1.82, 2.24) is 0 Å². The molecule has 3 nitrogen and oxygen atoms in total. The molecule has 0 atom stereocenters. The van der Waals surface area contributed by atoms with Crippen molar-refractivity contribution in [1.29, 1.82) is 0 Å². The Morgan fingerprint density at radius 3 is 1.44 bits per heavy atom. The van der Waals surface area contributed by atoms with Crippen molar-refractivity contribution >= 4 is 0 Å². The summed E-state index contributed by atoms with van der Waals surface area (Å²) in [4.78, 5) is 0. The van der Waals surface area contributed by atoms with Gasteiger partial charge in [-0.3, -0.25) is 0 Å². The zero-order chi connectivity index (χ0) is 7.91. The molecule has 0 heterocycles. The van der Waals surface area contributed by atoms with Gasteiger partial charge < -0.3 is 14.7 Å². The summed E-state index contributed by atoms with van der Waals surface area (Å²) in [6.45, 7) is 1.11. The van der Waals surface area contributed by atoms with E-state index >= 15 is 0 Å². The predicted octanol–water partition coefficient (Wildman–Crippen LogP) is -0.707. The second kappa shape index (κ2) is 6.01. The summed E-state index contributed by atoms with van der Waals surface area (Å²) in [6.07, 6.45) is 0. The van der Waals surface area contributed by atoms with Crippen LogP contribution in [0.1, 0.15) is 0 Å². The van der Waals surface area contributed by atoms with E-state index in [2.05, 4.69) is 21.1 Å². The number of aliphatic hydroxyl groups is 2. The molecule has 0 saturated carbocycles. The van der Waals surface area contributed by atoms with Gasteiger partial charge in [0.2, 0.25) is 0 Å². The summed E-state index contributed by atoms with van der Waals surface area (Å²) in [7, 11) is 7.16. The van der Waals surface area contributed by atoms with E-state index in [0.29, 0.717) is 0 Å². The van der Waals surface area contributed by atoms with Gasteiger partial charge in [-0.2, -0.15) is 0 Å². The molecule has 3 heteroatoms. The molecule has 0 aromatic rings. The molecule has 0 aromatic heterocycles. The topological polar surface area (TPSA) is 40.5 Å². The Bertz CT molecular complexity index is 49.5. The van der Waals surface area contributed by atoms with Crippen molar-refractivity contribution in [3.8, 4) is 0 Å². The smallest absolute Gasteiger partial charge is 0.101 e. The highest BCUT2D eigenvalue weighted by Crippen LogP contribution is 1.84. The van der Waals surface area contributed by atoms with E-state index in [0.717, 1.165) is 18.1 Å². The molecule has 0 fully saturated rings. The molecule has 0 aliphatic carbocycles. The van der Waals surface area contributed by atoms with Crippen LogP contribution in [0.15, 0.2) is 0 Å². The summed E-state index contributed by atoms with van der Waals surface area (Å²) >= 11 is 0.